The number of nitrogens with one attached hydrogen (secondary N) is 1. The number of nitrogens with zero attached hydrogens (tertiary/aromatic N) is 2. The number of rotatable bonds is 6. The van der Waals surface area contributed by atoms with Crippen LogP contribution in [0, 0.1) is 0 Å². The Labute approximate surface area is 109 Å². The van der Waals surface area contributed by atoms with Crippen molar-refractivity contribution in [1.82, 2.24) is 10.3 Å². The van der Waals surface area contributed by atoms with E-state index in [0.717, 1.165) is 25.2 Å². The zero-order chi connectivity index (χ0) is 12.8. The summed E-state index contributed by atoms with van der Waals surface area (Å²) >= 11 is 0. The van der Waals surface area contributed by atoms with Crippen LogP contribution in [0.5, 0.6) is 0 Å². The normalized spacial score (nSPS) is 10.8. The van der Waals surface area contributed by atoms with Crippen molar-refractivity contribution in [2.45, 2.75) is 13.3 Å². The highest BCUT2D eigenvalue weighted by Gasteiger charge is 2.05. The van der Waals surface area contributed by atoms with Crippen LogP contribution in [0.2, 0.25) is 0 Å². The Hall–Kier alpha value is -1.61. The lowest BCUT2D eigenvalue weighted by atomic mass is 10.2. The fourth-order valence-electron chi connectivity index (χ4n) is 2.08. The molecule has 18 heavy (non-hydrogen) atoms. The number of aromatic nitrogens is 1. The minimum Gasteiger partial charge on any atom is -0.373 e. The Balaban J connectivity index is 2.10. The summed E-state index contributed by atoms with van der Waals surface area (Å²) in [4.78, 5) is 6.68. The second kappa shape index (κ2) is 6.36. The van der Waals surface area contributed by atoms with Crippen molar-refractivity contribution in [3.63, 3.8) is 0 Å². The molecule has 0 aliphatic heterocycles. The van der Waals surface area contributed by atoms with Gasteiger partial charge in [0.15, 0.2) is 0 Å². The molecular formula is C15H21N3. The van der Waals surface area contributed by atoms with Crippen molar-refractivity contribution < 1.29 is 0 Å². The molecule has 0 unspecified atom stereocenters. The highest BCUT2D eigenvalue weighted by molar-refractivity contribution is 5.91. The van der Waals surface area contributed by atoms with Gasteiger partial charge in [0, 0.05) is 37.4 Å². The van der Waals surface area contributed by atoms with Crippen LogP contribution < -0.4 is 10.2 Å². The van der Waals surface area contributed by atoms with E-state index >= 15 is 0 Å². The van der Waals surface area contributed by atoms with E-state index in [2.05, 4.69) is 53.4 Å². The summed E-state index contributed by atoms with van der Waals surface area (Å²) < 4.78 is 0. The molecule has 96 valence electrons. The minimum absolute atomic E-state index is 1.01. The average Bonchev–Trinajstić information content (AvgIpc) is 2.43. The molecule has 0 radical (unpaired) electrons. The third-order valence-corrected chi connectivity index (χ3v) is 3.09. The third kappa shape index (κ3) is 2.99. The van der Waals surface area contributed by atoms with Gasteiger partial charge < -0.3 is 10.2 Å². The van der Waals surface area contributed by atoms with Crippen molar-refractivity contribution in [3.05, 3.63) is 36.5 Å². The molecule has 0 aliphatic carbocycles. The zero-order valence-corrected chi connectivity index (χ0v) is 11.2. The van der Waals surface area contributed by atoms with E-state index in [1.54, 1.807) is 0 Å². The van der Waals surface area contributed by atoms with Crippen LogP contribution in [0.1, 0.15) is 13.3 Å². The molecular weight excluding hydrogens is 222 g/mol. The molecule has 0 fully saturated rings. The van der Waals surface area contributed by atoms with E-state index in [-0.39, 0.29) is 0 Å². The Morgan fingerprint density at radius 3 is 2.83 bits per heavy atom. The van der Waals surface area contributed by atoms with Crippen molar-refractivity contribution in [3.8, 4) is 0 Å². The van der Waals surface area contributed by atoms with Gasteiger partial charge in [0.25, 0.3) is 0 Å². The lowest BCUT2D eigenvalue weighted by Crippen LogP contribution is -2.29. The summed E-state index contributed by atoms with van der Waals surface area (Å²) in [5.74, 6) is 0. The first-order chi connectivity index (χ1) is 8.83. The second-order valence-electron chi connectivity index (χ2n) is 4.52. The molecule has 0 amide bonds. The largest absolute Gasteiger partial charge is 0.373 e. The Morgan fingerprint density at radius 1 is 1.17 bits per heavy atom. The van der Waals surface area contributed by atoms with Gasteiger partial charge in [-0.2, -0.15) is 0 Å². The molecule has 0 aliphatic rings. The van der Waals surface area contributed by atoms with Crippen LogP contribution in [-0.2, 0) is 0 Å². The first kappa shape index (κ1) is 12.8. The summed E-state index contributed by atoms with van der Waals surface area (Å²) in [5.41, 5.74) is 2.31. The topological polar surface area (TPSA) is 28.2 Å². The number of para-hydroxylation sites is 1. The highest BCUT2D eigenvalue weighted by Crippen LogP contribution is 2.23. The summed E-state index contributed by atoms with van der Waals surface area (Å²) in [6, 6.07) is 10.4. The Morgan fingerprint density at radius 2 is 2.00 bits per heavy atom. The van der Waals surface area contributed by atoms with Gasteiger partial charge >= 0.3 is 0 Å². The maximum absolute atomic E-state index is 4.39. The lowest BCUT2D eigenvalue weighted by Gasteiger charge is -2.21. The van der Waals surface area contributed by atoms with Crippen molar-refractivity contribution in [2.75, 3.05) is 31.6 Å². The van der Waals surface area contributed by atoms with Gasteiger partial charge in [-0.1, -0.05) is 25.1 Å². The van der Waals surface area contributed by atoms with Crippen LogP contribution in [0.4, 0.5) is 5.69 Å². The van der Waals surface area contributed by atoms with Crippen LogP contribution >= 0.6 is 0 Å². The van der Waals surface area contributed by atoms with Crippen LogP contribution in [0.3, 0.4) is 0 Å². The monoisotopic (exact) mass is 243 g/mol. The molecule has 2 rings (SSSR count). The molecule has 0 saturated carbocycles. The molecule has 0 saturated heterocycles. The van der Waals surface area contributed by atoms with E-state index < -0.39 is 0 Å². The zero-order valence-electron chi connectivity index (χ0n) is 11.2. The molecule has 3 nitrogen and oxygen atoms in total. The molecule has 2 aromatic rings. The molecule has 0 atom stereocenters. The first-order valence-electron chi connectivity index (χ1n) is 6.58. The third-order valence-electron chi connectivity index (χ3n) is 3.09. The summed E-state index contributed by atoms with van der Waals surface area (Å²) in [6.45, 7) is 5.30. The van der Waals surface area contributed by atoms with Gasteiger partial charge in [-0.3, -0.25) is 4.98 Å². The smallest absolute Gasteiger partial charge is 0.0722 e. The van der Waals surface area contributed by atoms with E-state index in [1.165, 1.54) is 17.5 Å². The van der Waals surface area contributed by atoms with Crippen molar-refractivity contribution >= 4 is 16.6 Å². The molecule has 0 spiro atoms. The van der Waals surface area contributed by atoms with Gasteiger partial charge in [-0.25, -0.2) is 0 Å². The van der Waals surface area contributed by atoms with Crippen LogP contribution in [0.25, 0.3) is 10.9 Å². The number of fused-ring (bicyclic) bond motifs is 1. The van der Waals surface area contributed by atoms with E-state index in [4.69, 9.17) is 0 Å². The predicted molar refractivity (Wildman–Crippen MR) is 78.2 cm³/mol. The minimum atomic E-state index is 1.01. The lowest BCUT2D eigenvalue weighted by molar-refractivity contribution is 0.666. The SMILES string of the molecule is CCCNCCN(C)c1ccnc2ccccc12. The Bertz CT molecular complexity index is 491. The molecule has 0 bridgehead atoms. The highest BCUT2D eigenvalue weighted by atomic mass is 15.1. The molecule has 3 heteroatoms. The van der Waals surface area contributed by atoms with Gasteiger partial charge in [0.1, 0.15) is 0 Å². The fourth-order valence-corrected chi connectivity index (χ4v) is 2.08. The molecule has 1 heterocycles. The van der Waals surface area contributed by atoms with Crippen LogP contribution in [-0.4, -0.2) is 31.7 Å². The van der Waals surface area contributed by atoms with E-state index in [1.807, 2.05) is 12.3 Å². The standard InChI is InChI=1S/C15H21N3/c1-3-9-16-11-12-18(2)15-8-10-17-14-7-5-4-6-13(14)15/h4-8,10,16H,3,9,11-12H2,1-2H3. The number of pyridine rings is 1. The van der Waals surface area contributed by atoms with E-state index in [0.29, 0.717) is 0 Å². The number of hydrogen-bond acceptors (Lipinski definition) is 3. The van der Waals surface area contributed by atoms with Crippen molar-refractivity contribution in [1.29, 1.82) is 0 Å². The van der Waals surface area contributed by atoms with Gasteiger partial charge in [0.2, 0.25) is 0 Å². The quantitative estimate of drug-likeness (QED) is 0.791. The van der Waals surface area contributed by atoms with Gasteiger partial charge in [-0.15, -0.1) is 0 Å². The average molecular weight is 243 g/mol. The number of hydrogen-bond donors (Lipinski definition) is 1. The number of likely N-dealkylation sites (N-methyl/N-ethyl adjacent to an activating group) is 1. The Kier molecular flexibility index (Phi) is 4.53. The van der Waals surface area contributed by atoms with Gasteiger partial charge in [-0.05, 0) is 25.1 Å². The fraction of sp³-hybridized carbons (Fsp3) is 0.400. The second-order valence-corrected chi connectivity index (χ2v) is 4.52. The first-order valence-corrected chi connectivity index (χ1v) is 6.58. The summed E-state index contributed by atoms with van der Waals surface area (Å²) in [7, 11) is 2.13. The summed E-state index contributed by atoms with van der Waals surface area (Å²) in [6.07, 6.45) is 3.07. The van der Waals surface area contributed by atoms with Gasteiger partial charge in [0.05, 0.1) is 5.52 Å². The molecule has 1 aromatic carbocycles. The maximum atomic E-state index is 4.39. The number of benzene rings is 1. The predicted octanol–water partition coefficient (Wildman–Crippen LogP) is 2.67. The van der Waals surface area contributed by atoms with Crippen molar-refractivity contribution in [2.24, 2.45) is 0 Å². The molecule has 1 N–H and O–H groups in total. The summed E-state index contributed by atoms with van der Waals surface area (Å²) in [5, 5.41) is 4.65. The maximum Gasteiger partial charge on any atom is 0.0722 e. The number of anilines is 1. The van der Waals surface area contributed by atoms with E-state index in [9.17, 15) is 0 Å². The molecule has 1 aromatic heterocycles. The van der Waals surface area contributed by atoms with Crippen LogP contribution in [0.15, 0.2) is 36.5 Å².